The van der Waals surface area contributed by atoms with E-state index in [1.54, 1.807) is 0 Å². The lowest BCUT2D eigenvalue weighted by Gasteiger charge is -2.12. The molecule has 0 aliphatic rings. The van der Waals surface area contributed by atoms with Crippen molar-refractivity contribution in [3.8, 4) is 0 Å². The van der Waals surface area contributed by atoms with Crippen molar-refractivity contribution in [2.45, 2.75) is 25.9 Å². The molecule has 0 radical (unpaired) electrons. The maximum absolute atomic E-state index is 12.7. The normalized spacial score (nSPS) is 11.0. The van der Waals surface area contributed by atoms with Gasteiger partial charge in [-0.3, -0.25) is 5.32 Å². The van der Waals surface area contributed by atoms with Gasteiger partial charge in [-0.2, -0.15) is 13.2 Å². The fraction of sp³-hybridized carbons (Fsp3) is 0.462. The van der Waals surface area contributed by atoms with Crippen LogP contribution in [-0.4, -0.2) is 30.8 Å². The molecule has 0 saturated carbocycles. The SMILES string of the molecule is CCCCOC(=O)Nc1cc(C(F)(F)F)cnc1C(=O)OC. The Morgan fingerprint density at radius 3 is 2.59 bits per heavy atom. The summed E-state index contributed by atoms with van der Waals surface area (Å²) in [5, 5.41) is 2.07. The minimum Gasteiger partial charge on any atom is -0.464 e. The molecule has 0 unspecified atom stereocenters. The summed E-state index contributed by atoms with van der Waals surface area (Å²) in [5.74, 6) is -0.974. The van der Waals surface area contributed by atoms with Gasteiger partial charge in [-0.25, -0.2) is 14.6 Å². The lowest BCUT2D eigenvalue weighted by Crippen LogP contribution is -2.19. The second kappa shape index (κ2) is 7.62. The van der Waals surface area contributed by atoms with Crippen molar-refractivity contribution >= 4 is 17.7 Å². The van der Waals surface area contributed by atoms with Gasteiger partial charge in [-0.1, -0.05) is 13.3 Å². The average Bonchev–Trinajstić information content (AvgIpc) is 2.45. The molecule has 0 atom stereocenters. The zero-order chi connectivity index (χ0) is 16.8. The fourth-order valence-corrected chi connectivity index (χ4v) is 1.43. The zero-order valence-corrected chi connectivity index (χ0v) is 12.0. The third-order valence-electron chi connectivity index (χ3n) is 2.56. The van der Waals surface area contributed by atoms with Crippen molar-refractivity contribution in [3.63, 3.8) is 0 Å². The summed E-state index contributed by atoms with van der Waals surface area (Å²) >= 11 is 0. The van der Waals surface area contributed by atoms with Crippen LogP contribution in [0.25, 0.3) is 0 Å². The number of rotatable bonds is 5. The minimum absolute atomic E-state index is 0.113. The fourth-order valence-electron chi connectivity index (χ4n) is 1.43. The molecule has 0 aliphatic carbocycles. The molecule has 1 aromatic heterocycles. The number of halogens is 3. The van der Waals surface area contributed by atoms with Crippen LogP contribution >= 0.6 is 0 Å². The number of amides is 1. The number of unbranched alkanes of at least 4 members (excludes halogenated alkanes) is 1. The van der Waals surface area contributed by atoms with E-state index in [4.69, 9.17) is 4.74 Å². The van der Waals surface area contributed by atoms with Crippen LogP contribution in [-0.2, 0) is 15.7 Å². The number of hydrogen-bond acceptors (Lipinski definition) is 5. The molecule has 0 bridgehead atoms. The number of ether oxygens (including phenoxy) is 2. The van der Waals surface area contributed by atoms with Crippen molar-refractivity contribution in [2.75, 3.05) is 19.0 Å². The second-order valence-electron chi connectivity index (χ2n) is 4.22. The Morgan fingerprint density at radius 1 is 1.36 bits per heavy atom. The van der Waals surface area contributed by atoms with Gasteiger partial charge < -0.3 is 9.47 Å². The Morgan fingerprint density at radius 2 is 2.05 bits per heavy atom. The van der Waals surface area contributed by atoms with Crippen molar-refractivity contribution in [3.05, 3.63) is 23.5 Å². The van der Waals surface area contributed by atoms with E-state index in [1.807, 2.05) is 6.92 Å². The van der Waals surface area contributed by atoms with Gasteiger partial charge in [0.2, 0.25) is 0 Å². The number of esters is 1. The van der Waals surface area contributed by atoms with Crippen LogP contribution in [0.15, 0.2) is 12.3 Å². The van der Waals surface area contributed by atoms with Gasteiger partial charge in [0.25, 0.3) is 0 Å². The van der Waals surface area contributed by atoms with E-state index >= 15 is 0 Å². The highest BCUT2D eigenvalue weighted by molar-refractivity contribution is 5.98. The standard InChI is InChI=1S/C13H15F3N2O4/c1-3-4-5-22-12(20)18-9-6-8(13(14,15)16)7-17-10(9)11(19)21-2/h6-7H,3-5H2,1-2H3,(H,18,20). The number of aromatic nitrogens is 1. The third-order valence-corrected chi connectivity index (χ3v) is 2.56. The molecular formula is C13H15F3N2O4. The summed E-state index contributed by atoms with van der Waals surface area (Å²) < 4.78 is 47.2. The molecule has 0 saturated heterocycles. The van der Waals surface area contributed by atoms with Gasteiger partial charge >= 0.3 is 18.2 Å². The molecular weight excluding hydrogens is 305 g/mol. The Kier molecular flexibility index (Phi) is 6.14. The Hall–Kier alpha value is -2.32. The number of alkyl halides is 3. The molecule has 0 aromatic carbocycles. The molecule has 9 heteroatoms. The van der Waals surface area contributed by atoms with Crippen molar-refractivity contribution < 1.29 is 32.2 Å². The first-order valence-corrected chi connectivity index (χ1v) is 6.39. The number of nitrogens with one attached hydrogen (secondary N) is 1. The van der Waals surface area contributed by atoms with Crippen LogP contribution in [0.5, 0.6) is 0 Å². The van der Waals surface area contributed by atoms with E-state index in [1.165, 1.54) is 0 Å². The van der Waals surface area contributed by atoms with E-state index in [2.05, 4.69) is 15.0 Å². The van der Waals surface area contributed by atoms with Gasteiger partial charge in [-0.15, -0.1) is 0 Å². The molecule has 0 aliphatic heterocycles. The highest BCUT2D eigenvalue weighted by atomic mass is 19.4. The average molecular weight is 320 g/mol. The van der Waals surface area contributed by atoms with Gasteiger partial charge in [0, 0.05) is 6.20 Å². The quantitative estimate of drug-likeness (QED) is 0.665. The van der Waals surface area contributed by atoms with E-state index in [0.717, 1.165) is 13.5 Å². The molecule has 1 amide bonds. The molecule has 6 nitrogen and oxygen atoms in total. The number of hydrogen-bond donors (Lipinski definition) is 1. The van der Waals surface area contributed by atoms with E-state index in [9.17, 15) is 22.8 Å². The monoisotopic (exact) mass is 320 g/mol. The topological polar surface area (TPSA) is 77.5 Å². The summed E-state index contributed by atoms with van der Waals surface area (Å²) in [4.78, 5) is 26.4. The first-order valence-electron chi connectivity index (χ1n) is 6.39. The molecule has 1 heterocycles. The highest BCUT2D eigenvalue weighted by Gasteiger charge is 2.32. The number of pyridine rings is 1. The lowest BCUT2D eigenvalue weighted by molar-refractivity contribution is -0.137. The smallest absolute Gasteiger partial charge is 0.417 e. The van der Waals surface area contributed by atoms with E-state index < -0.39 is 35.2 Å². The van der Waals surface area contributed by atoms with Crippen LogP contribution in [0.4, 0.5) is 23.7 Å². The minimum atomic E-state index is -4.66. The first kappa shape index (κ1) is 17.7. The molecule has 22 heavy (non-hydrogen) atoms. The number of carbonyl (C=O) groups is 2. The van der Waals surface area contributed by atoms with Crippen LogP contribution < -0.4 is 5.32 Å². The van der Waals surface area contributed by atoms with Crippen LogP contribution in [0, 0.1) is 0 Å². The maximum Gasteiger partial charge on any atom is 0.417 e. The molecule has 0 spiro atoms. The summed E-state index contributed by atoms with van der Waals surface area (Å²) in [5.41, 5.74) is -1.98. The summed E-state index contributed by atoms with van der Waals surface area (Å²) in [6.07, 6.45) is -3.76. The van der Waals surface area contributed by atoms with Crippen molar-refractivity contribution in [2.24, 2.45) is 0 Å². The summed E-state index contributed by atoms with van der Waals surface area (Å²) in [6, 6.07) is 0.598. The Labute approximate surface area is 124 Å². The number of anilines is 1. The van der Waals surface area contributed by atoms with E-state index in [0.29, 0.717) is 18.7 Å². The van der Waals surface area contributed by atoms with E-state index in [-0.39, 0.29) is 6.61 Å². The second-order valence-corrected chi connectivity index (χ2v) is 4.22. The largest absolute Gasteiger partial charge is 0.464 e. The number of nitrogens with zero attached hydrogens (tertiary/aromatic N) is 1. The number of carbonyl (C=O) groups excluding carboxylic acids is 2. The molecule has 1 aromatic rings. The van der Waals surface area contributed by atoms with Gasteiger partial charge in [-0.05, 0) is 12.5 Å². The van der Waals surface area contributed by atoms with Crippen LogP contribution in [0.3, 0.4) is 0 Å². The first-order chi connectivity index (χ1) is 10.3. The van der Waals surface area contributed by atoms with Crippen LogP contribution in [0.2, 0.25) is 0 Å². The lowest BCUT2D eigenvalue weighted by atomic mass is 10.2. The van der Waals surface area contributed by atoms with Crippen molar-refractivity contribution in [1.29, 1.82) is 0 Å². The number of methoxy groups -OCH3 is 1. The zero-order valence-electron chi connectivity index (χ0n) is 12.0. The molecule has 0 fully saturated rings. The molecule has 1 rings (SSSR count). The Balaban J connectivity index is 3.01. The maximum atomic E-state index is 12.7. The summed E-state index contributed by atoms with van der Waals surface area (Å²) in [6.45, 7) is 2.00. The predicted octanol–water partition coefficient (Wildman–Crippen LogP) is 3.24. The molecule has 1 N–H and O–H groups in total. The van der Waals surface area contributed by atoms with Gasteiger partial charge in [0.15, 0.2) is 5.69 Å². The van der Waals surface area contributed by atoms with Gasteiger partial charge in [0.1, 0.15) is 0 Å². The highest BCUT2D eigenvalue weighted by Crippen LogP contribution is 2.31. The Bertz CT molecular complexity index is 547. The van der Waals surface area contributed by atoms with Gasteiger partial charge in [0.05, 0.1) is 25.0 Å². The van der Waals surface area contributed by atoms with Crippen molar-refractivity contribution in [1.82, 2.24) is 4.98 Å². The van der Waals surface area contributed by atoms with Crippen LogP contribution in [0.1, 0.15) is 35.8 Å². The third kappa shape index (κ3) is 4.90. The predicted molar refractivity (Wildman–Crippen MR) is 70.5 cm³/mol. The summed E-state index contributed by atoms with van der Waals surface area (Å²) in [7, 11) is 1.05. The molecule has 122 valence electrons.